The number of anilines is 1. The molecule has 1 aromatic carbocycles. The number of fused-ring (bicyclic) bond motifs is 1. The first-order chi connectivity index (χ1) is 10.6. The Morgan fingerprint density at radius 2 is 2.14 bits per heavy atom. The number of thioether (sulfide) groups is 1. The third kappa shape index (κ3) is 2.71. The van der Waals surface area contributed by atoms with Crippen LogP contribution in [0, 0.1) is 0 Å². The fraction of sp³-hybridized carbons (Fsp3) is 0.267. The Morgan fingerprint density at radius 1 is 1.32 bits per heavy atom. The number of rotatable bonds is 3. The molecule has 2 amide bonds. The van der Waals surface area contributed by atoms with Gasteiger partial charge in [0.25, 0.3) is 5.91 Å². The largest absolute Gasteiger partial charge is 0.482 e. The topological polar surface area (TPSA) is 66.9 Å². The average molecular weight is 318 g/mol. The predicted octanol–water partition coefficient (Wildman–Crippen LogP) is 1.27. The molecular weight excluding hydrogens is 304 g/mol. The van der Waals surface area contributed by atoms with Crippen molar-refractivity contribution >= 4 is 35.0 Å². The van der Waals surface area contributed by atoms with Crippen LogP contribution < -0.4 is 9.64 Å². The van der Waals surface area contributed by atoms with E-state index in [0.29, 0.717) is 22.8 Å². The van der Waals surface area contributed by atoms with E-state index in [4.69, 9.17) is 4.74 Å². The molecule has 22 heavy (non-hydrogen) atoms. The van der Waals surface area contributed by atoms with Crippen LogP contribution >= 0.6 is 11.8 Å². The van der Waals surface area contributed by atoms with Crippen molar-refractivity contribution in [2.45, 2.75) is 0 Å². The number of benzene rings is 1. The Labute approximate surface area is 131 Å². The SMILES string of the molecule is CN1C(=O)COc2ccc(C(=O)CN3C=CSCC3=O)cc21. The summed E-state index contributed by atoms with van der Waals surface area (Å²) < 4.78 is 5.33. The maximum Gasteiger partial charge on any atom is 0.264 e. The summed E-state index contributed by atoms with van der Waals surface area (Å²) in [7, 11) is 1.64. The average Bonchev–Trinajstić information content (AvgIpc) is 2.53. The number of carbonyl (C=O) groups is 3. The van der Waals surface area contributed by atoms with E-state index in [0.717, 1.165) is 0 Å². The summed E-state index contributed by atoms with van der Waals surface area (Å²) in [6.07, 6.45) is 1.62. The quantitative estimate of drug-likeness (QED) is 0.785. The van der Waals surface area contributed by atoms with Crippen LogP contribution in [0.25, 0.3) is 0 Å². The Hall–Kier alpha value is -2.28. The number of likely N-dealkylation sites (N-methyl/N-ethyl adjacent to an activating group) is 1. The summed E-state index contributed by atoms with van der Waals surface area (Å²) in [5.74, 6) is 0.486. The molecule has 0 saturated heterocycles. The van der Waals surface area contributed by atoms with Gasteiger partial charge in [-0.3, -0.25) is 14.4 Å². The zero-order chi connectivity index (χ0) is 15.7. The third-order valence-corrected chi connectivity index (χ3v) is 4.27. The van der Waals surface area contributed by atoms with Crippen molar-refractivity contribution in [2.24, 2.45) is 0 Å². The predicted molar refractivity (Wildman–Crippen MR) is 83.0 cm³/mol. The van der Waals surface area contributed by atoms with E-state index in [2.05, 4.69) is 0 Å². The number of nitrogens with zero attached hydrogens (tertiary/aromatic N) is 2. The van der Waals surface area contributed by atoms with Gasteiger partial charge in [-0.25, -0.2) is 0 Å². The smallest absolute Gasteiger partial charge is 0.264 e. The van der Waals surface area contributed by atoms with E-state index < -0.39 is 0 Å². The number of amides is 2. The van der Waals surface area contributed by atoms with Crippen LogP contribution in [0.2, 0.25) is 0 Å². The highest BCUT2D eigenvalue weighted by Crippen LogP contribution is 2.32. The minimum absolute atomic E-state index is 0.00152. The monoisotopic (exact) mass is 318 g/mol. The fourth-order valence-electron chi connectivity index (χ4n) is 2.23. The lowest BCUT2D eigenvalue weighted by Gasteiger charge is -2.26. The van der Waals surface area contributed by atoms with Crippen molar-refractivity contribution in [1.82, 2.24) is 4.90 Å². The van der Waals surface area contributed by atoms with Crippen molar-refractivity contribution < 1.29 is 19.1 Å². The summed E-state index contributed by atoms with van der Waals surface area (Å²) in [5, 5.41) is 1.79. The van der Waals surface area contributed by atoms with Crippen molar-refractivity contribution in [1.29, 1.82) is 0 Å². The van der Waals surface area contributed by atoms with Gasteiger partial charge in [-0.1, -0.05) is 0 Å². The van der Waals surface area contributed by atoms with Gasteiger partial charge in [0.15, 0.2) is 12.4 Å². The van der Waals surface area contributed by atoms with Gasteiger partial charge in [-0.2, -0.15) is 0 Å². The molecule has 0 spiro atoms. The van der Waals surface area contributed by atoms with Crippen molar-refractivity contribution in [2.75, 3.05) is 30.9 Å². The molecule has 2 aliphatic heterocycles. The minimum Gasteiger partial charge on any atom is -0.482 e. The van der Waals surface area contributed by atoms with Crippen LogP contribution in [0.1, 0.15) is 10.4 Å². The summed E-state index contributed by atoms with van der Waals surface area (Å²) in [4.78, 5) is 38.6. The second-order valence-corrected chi connectivity index (χ2v) is 5.86. The second kappa shape index (κ2) is 5.84. The molecule has 0 aliphatic carbocycles. The van der Waals surface area contributed by atoms with Crippen LogP contribution in [0.4, 0.5) is 5.69 Å². The van der Waals surface area contributed by atoms with Crippen LogP contribution in [0.5, 0.6) is 5.75 Å². The molecule has 0 radical (unpaired) electrons. The van der Waals surface area contributed by atoms with E-state index in [-0.39, 0.29) is 30.7 Å². The van der Waals surface area contributed by atoms with E-state index >= 15 is 0 Å². The van der Waals surface area contributed by atoms with Crippen LogP contribution in [-0.4, -0.2) is 48.4 Å². The number of hydrogen-bond donors (Lipinski definition) is 0. The molecular formula is C15H14N2O4S. The minimum atomic E-state index is -0.181. The van der Waals surface area contributed by atoms with Crippen LogP contribution in [0.15, 0.2) is 29.8 Å². The van der Waals surface area contributed by atoms with E-state index in [1.807, 2.05) is 0 Å². The molecule has 0 fully saturated rings. The molecule has 2 heterocycles. The number of ether oxygens (including phenoxy) is 1. The maximum atomic E-state index is 12.4. The van der Waals surface area contributed by atoms with Gasteiger partial charge >= 0.3 is 0 Å². The summed E-state index contributed by atoms with van der Waals surface area (Å²) in [6.45, 7) is -0.00523. The first kappa shape index (κ1) is 14.6. The highest BCUT2D eigenvalue weighted by atomic mass is 32.2. The Kier molecular flexibility index (Phi) is 3.89. The lowest BCUT2D eigenvalue weighted by molar-refractivity contribution is -0.125. The zero-order valence-corrected chi connectivity index (χ0v) is 12.8. The highest BCUT2D eigenvalue weighted by Gasteiger charge is 2.24. The molecule has 3 rings (SSSR count). The standard InChI is InChI=1S/C15H14N2O4S/c1-16-11-6-10(2-3-13(11)21-8-14(16)19)12(18)7-17-4-5-22-9-15(17)20/h2-6H,7-9H2,1H3. The highest BCUT2D eigenvalue weighted by molar-refractivity contribution is 8.02. The number of ketones is 1. The molecule has 7 heteroatoms. The number of Topliss-reactive ketones (excluding diaryl/α,β-unsaturated/α-hetero) is 1. The Bertz CT molecular complexity index is 686. The summed E-state index contributed by atoms with van der Waals surface area (Å²) >= 11 is 1.41. The van der Waals surface area contributed by atoms with Gasteiger partial charge in [-0.15, -0.1) is 11.8 Å². The summed E-state index contributed by atoms with van der Waals surface area (Å²) in [5.41, 5.74) is 1.02. The first-order valence-corrected chi connectivity index (χ1v) is 7.75. The van der Waals surface area contributed by atoms with Crippen LogP contribution in [-0.2, 0) is 9.59 Å². The van der Waals surface area contributed by atoms with E-state index in [1.54, 1.807) is 36.9 Å². The number of carbonyl (C=O) groups excluding carboxylic acids is 3. The van der Waals surface area contributed by atoms with E-state index in [9.17, 15) is 14.4 Å². The lowest BCUT2D eigenvalue weighted by atomic mass is 10.1. The van der Waals surface area contributed by atoms with Gasteiger partial charge in [0.1, 0.15) is 5.75 Å². The van der Waals surface area contributed by atoms with Gasteiger partial charge in [-0.05, 0) is 23.6 Å². The normalized spacial score (nSPS) is 17.3. The molecule has 0 N–H and O–H groups in total. The van der Waals surface area contributed by atoms with E-state index in [1.165, 1.54) is 21.6 Å². The van der Waals surface area contributed by atoms with Crippen molar-refractivity contribution in [3.63, 3.8) is 0 Å². The molecule has 0 atom stereocenters. The van der Waals surface area contributed by atoms with Gasteiger partial charge in [0.2, 0.25) is 5.91 Å². The molecule has 1 aromatic rings. The van der Waals surface area contributed by atoms with Gasteiger partial charge in [0.05, 0.1) is 18.0 Å². The Balaban J connectivity index is 1.81. The Morgan fingerprint density at radius 3 is 2.91 bits per heavy atom. The lowest BCUT2D eigenvalue weighted by Crippen LogP contribution is -2.36. The van der Waals surface area contributed by atoms with Crippen molar-refractivity contribution in [3.05, 3.63) is 35.4 Å². The second-order valence-electron chi connectivity index (χ2n) is 4.96. The fourth-order valence-corrected chi connectivity index (χ4v) is 2.87. The van der Waals surface area contributed by atoms with Gasteiger partial charge < -0.3 is 14.5 Å². The number of hydrogen-bond acceptors (Lipinski definition) is 5. The molecule has 2 aliphatic rings. The molecule has 0 saturated carbocycles. The zero-order valence-electron chi connectivity index (χ0n) is 11.9. The van der Waals surface area contributed by atoms with Crippen molar-refractivity contribution in [3.8, 4) is 5.75 Å². The molecule has 0 aromatic heterocycles. The van der Waals surface area contributed by atoms with Crippen LogP contribution in [0.3, 0.4) is 0 Å². The maximum absolute atomic E-state index is 12.4. The molecule has 0 bridgehead atoms. The molecule has 0 unspecified atom stereocenters. The van der Waals surface area contributed by atoms with Gasteiger partial charge in [0, 0.05) is 18.8 Å². The summed E-state index contributed by atoms with van der Waals surface area (Å²) in [6, 6.07) is 4.95. The molecule has 6 nitrogen and oxygen atoms in total. The third-order valence-electron chi connectivity index (χ3n) is 3.55. The first-order valence-electron chi connectivity index (χ1n) is 6.70. The molecule has 114 valence electrons.